The lowest BCUT2D eigenvalue weighted by Crippen LogP contribution is -2.47. The standard InChI is InChI=1S/C19H27NO3/c1-6-19(11-14(21)8-9-15(19)13(3)20-4)17-12(2)7-10-16(23-5)18(17)22/h7-10,13,15,20,22H,6,11H2,1-5H3/t13-,15+,19+/m1/s1. The highest BCUT2D eigenvalue weighted by Crippen LogP contribution is 2.50. The second-order valence-corrected chi connectivity index (χ2v) is 6.42. The highest BCUT2D eigenvalue weighted by Gasteiger charge is 2.46. The van der Waals surface area contributed by atoms with Crippen molar-refractivity contribution in [2.45, 2.75) is 45.1 Å². The number of hydrogen-bond donors (Lipinski definition) is 2. The van der Waals surface area contributed by atoms with E-state index in [1.807, 2.05) is 26.1 Å². The maximum absolute atomic E-state index is 12.2. The minimum Gasteiger partial charge on any atom is -0.504 e. The van der Waals surface area contributed by atoms with Gasteiger partial charge >= 0.3 is 0 Å². The van der Waals surface area contributed by atoms with Gasteiger partial charge in [-0.2, -0.15) is 0 Å². The molecule has 0 radical (unpaired) electrons. The first-order valence-corrected chi connectivity index (χ1v) is 8.16. The van der Waals surface area contributed by atoms with E-state index in [1.165, 1.54) is 0 Å². The van der Waals surface area contributed by atoms with Crippen LogP contribution in [0.3, 0.4) is 0 Å². The van der Waals surface area contributed by atoms with Gasteiger partial charge in [-0.05, 0) is 45.0 Å². The van der Waals surface area contributed by atoms with E-state index in [2.05, 4.69) is 19.2 Å². The van der Waals surface area contributed by atoms with Crippen molar-refractivity contribution in [3.63, 3.8) is 0 Å². The summed E-state index contributed by atoms with van der Waals surface area (Å²) in [4.78, 5) is 12.2. The van der Waals surface area contributed by atoms with Gasteiger partial charge in [-0.1, -0.05) is 19.1 Å². The third-order valence-electron chi connectivity index (χ3n) is 5.31. The van der Waals surface area contributed by atoms with Crippen molar-refractivity contribution < 1.29 is 14.6 Å². The maximum Gasteiger partial charge on any atom is 0.161 e. The molecule has 0 aliphatic heterocycles. The monoisotopic (exact) mass is 317 g/mol. The van der Waals surface area contributed by atoms with E-state index in [-0.39, 0.29) is 23.5 Å². The SMILES string of the molecule is CC[C@]1(c2c(C)ccc(OC)c2O)CC(=O)C=C[C@H]1[C@@H](C)NC. The number of benzene rings is 1. The van der Waals surface area contributed by atoms with Crippen LogP contribution >= 0.6 is 0 Å². The summed E-state index contributed by atoms with van der Waals surface area (Å²) in [5.74, 6) is 0.835. The van der Waals surface area contributed by atoms with Crippen molar-refractivity contribution in [2.24, 2.45) is 5.92 Å². The lowest BCUT2D eigenvalue weighted by atomic mass is 9.60. The molecule has 2 rings (SSSR count). The van der Waals surface area contributed by atoms with E-state index < -0.39 is 5.41 Å². The van der Waals surface area contributed by atoms with Crippen LogP contribution in [0.25, 0.3) is 0 Å². The van der Waals surface area contributed by atoms with Crippen LogP contribution in [0.2, 0.25) is 0 Å². The second-order valence-electron chi connectivity index (χ2n) is 6.42. The van der Waals surface area contributed by atoms with Gasteiger partial charge in [-0.25, -0.2) is 0 Å². The third-order valence-corrected chi connectivity index (χ3v) is 5.31. The molecule has 1 aromatic rings. The van der Waals surface area contributed by atoms with E-state index in [0.717, 1.165) is 17.5 Å². The number of rotatable bonds is 5. The van der Waals surface area contributed by atoms with Crippen LogP contribution in [0.4, 0.5) is 0 Å². The molecule has 0 saturated heterocycles. The lowest BCUT2D eigenvalue weighted by molar-refractivity contribution is -0.117. The van der Waals surface area contributed by atoms with Gasteiger partial charge in [0.05, 0.1) is 7.11 Å². The molecule has 0 fully saturated rings. The van der Waals surface area contributed by atoms with Gasteiger partial charge in [0, 0.05) is 29.4 Å². The first-order chi connectivity index (χ1) is 10.9. The number of allylic oxidation sites excluding steroid dienone is 1. The molecule has 2 N–H and O–H groups in total. The van der Waals surface area contributed by atoms with E-state index in [0.29, 0.717) is 12.2 Å². The number of ether oxygens (including phenoxy) is 1. The summed E-state index contributed by atoms with van der Waals surface area (Å²) in [6.07, 6.45) is 4.84. The molecule has 1 aromatic carbocycles. The minimum atomic E-state index is -0.434. The van der Waals surface area contributed by atoms with Gasteiger partial charge < -0.3 is 15.2 Å². The Kier molecular flexibility index (Phi) is 5.15. The largest absolute Gasteiger partial charge is 0.504 e. The number of carbonyl (C=O) groups is 1. The molecule has 0 saturated carbocycles. The summed E-state index contributed by atoms with van der Waals surface area (Å²) in [5.41, 5.74) is 1.39. The van der Waals surface area contributed by atoms with Crippen LogP contribution in [-0.4, -0.2) is 31.1 Å². The Hall–Kier alpha value is -1.81. The molecule has 1 aliphatic rings. The average molecular weight is 317 g/mol. The van der Waals surface area contributed by atoms with Crippen LogP contribution in [0.15, 0.2) is 24.3 Å². The Balaban J connectivity index is 2.72. The molecule has 4 nitrogen and oxygen atoms in total. The molecule has 0 unspecified atom stereocenters. The van der Waals surface area contributed by atoms with Gasteiger partial charge in [0.15, 0.2) is 17.3 Å². The molecule has 4 heteroatoms. The van der Waals surface area contributed by atoms with Crippen molar-refractivity contribution in [3.05, 3.63) is 35.4 Å². The lowest BCUT2D eigenvalue weighted by Gasteiger charge is -2.45. The first-order valence-electron chi connectivity index (χ1n) is 8.16. The van der Waals surface area contributed by atoms with Crippen LogP contribution in [0.5, 0.6) is 11.5 Å². The van der Waals surface area contributed by atoms with Gasteiger partial charge in [0.25, 0.3) is 0 Å². The van der Waals surface area contributed by atoms with Gasteiger partial charge in [0.2, 0.25) is 0 Å². The number of carbonyl (C=O) groups excluding carboxylic acids is 1. The molecular weight excluding hydrogens is 290 g/mol. The topological polar surface area (TPSA) is 58.6 Å². The second kappa shape index (κ2) is 6.75. The zero-order valence-electron chi connectivity index (χ0n) is 14.6. The molecular formula is C19H27NO3. The number of phenols is 1. The Morgan fingerprint density at radius 2 is 2.17 bits per heavy atom. The van der Waals surface area contributed by atoms with Crippen molar-refractivity contribution in [1.82, 2.24) is 5.32 Å². The Morgan fingerprint density at radius 3 is 2.74 bits per heavy atom. The van der Waals surface area contributed by atoms with Crippen molar-refractivity contribution >= 4 is 5.78 Å². The number of methoxy groups -OCH3 is 1. The maximum atomic E-state index is 12.2. The summed E-state index contributed by atoms with van der Waals surface area (Å²) in [7, 11) is 3.47. The number of hydrogen-bond acceptors (Lipinski definition) is 4. The van der Waals surface area contributed by atoms with Crippen LogP contribution < -0.4 is 10.1 Å². The molecule has 0 bridgehead atoms. The van der Waals surface area contributed by atoms with E-state index >= 15 is 0 Å². The van der Waals surface area contributed by atoms with Crippen LogP contribution in [0.1, 0.15) is 37.8 Å². The normalized spacial score (nSPS) is 25.4. The summed E-state index contributed by atoms with van der Waals surface area (Å²) >= 11 is 0. The minimum absolute atomic E-state index is 0.105. The van der Waals surface area contributed by atoms with Gasteiger partial charge in [0.1, 0.15) is 0 Å². The fourth-order valence-corrected chi connectivity index (χ4v) is 3.97. The Bertz CT molecular complexity index is 623. The highest BCUT2D eigenvalue weighted by molar-refractivity contribution is 5.92. The van der Waals surface area contributed by atoms with E-state index in [1.54, 1.807) is 19.3 Å². The zero-order valence-corrected chi connectivity index (χ0v) is 14.6. The van der Waals surface area contributed by atoms with E-state index in [9.17, 15) is 9.90 Å². The fraction of sp³-hybridized carbons (Fsp3) is 0.526. The first kappa shape index (κ1) is 17.5. The van der Waals surface area contributed by atoms with Crippen LogP contribution in [0, 0.1) is 12.8 Å². The molecule has 3 atom stereocenters. The summed E-state index contributed by atoms with van der Waals surface area (Å²) in [6, 6.07) is 3.91. The number of ketones is 1. The number of aryl methyl sites for hydroxylation is 1. The van der Waals surface area contributed by atoms with Crippen molar-refractivity contribution in [1.29, 1.82) is 0 Å². The highest BCUT2D eigenvalue weighted by atomic mass is 16.5. The Labute approximate surface area is 138 Å². The predicted octanol–water partition coefficient (Wildman–Crippen LogP) is 3.11. The number of nitrogens with one attached hydrogen (secondary N) is 1. The fourth-order valence-electron chi connectivity index (χ4n) is 3.97. The van der Waals surface area contributed by atoms with Gasteiger partial charge in [-0.3, -0.25) is 4.79 Å². The molecule has 1 aliphatic carbocycles. The third kappa shape index (κ3) is 2.88. The zero-order chi connectivity index (χ0) is 17.2. The molecule has 23 heavy (non-hydrogen) atoms. The predicted molar refractivity (Wildman–Crippen MR) is 92.1 cm³/mol. The van der Waals surface area contributed by atoms with Gasteiger partial charge in [-0.15, -0.1) is 0 Å². The van der Waals surface area contributed by atoms with E-state index in [4.69, 9.17) is 4.74 Å². The molecule has 0 amide bonds. The summed E-state index contributed by atoms with van der Waals surface area (Å²) in [6.45, 7) is 6.18. The molecule has 0 heterocycles. The molecule has 0 aromatic heterocycles. The quantitative estimate of drug-likeness (QED) is 0.876. The Morgan fingerprint density at radius 1 is 1.48 bits per heavy atom. The average Bonchev–Trinajstić information content (AvgIpc) is 2.54. The van der Waals surface area contributed by atoms with Crippen LogP contribution in [-0.2, 0) is 10.2 Å². The smallest absolute Gasteiger partial charge is 0.161 e. The summed E-state index contributed by atoms with van der Waals surface area (Å²) in [5, 5.41) is 14.1. The number of phenolic OH excluding ortho intramolecular Hbond substituents is 1. The number of aromatic hydroxyl groups is 1. The molecule has 126 valence electrons. The summed E-state index contributed by atoms with van der Waals surface area (Å²) < 4.78 is 5.30. The molecule has 0 spiro atoms. The van der Waals surface area contributed by atoms with Crippen molar-refractivity contribution in [2.75, 3.05) is 14.2 Å². The van der Waals surface area contributed by atoms with Crippen molar-refractivity contribution in [3.8, 4) is 11.5 Å².